The van der Waals surface area contributed by atoms with Crippen LogP contribution in [-0.4, -0.2) is 58.2 Å². The number of aromatic nitrogens is 3. The standard InChI is InChI=1S/C24H24ClN7O3/c1-15(33)26-16-6-7-18-20(12-16)28-29-23(18)27-24(34)21-13-17(35-30-21)14-31-8-10-32(11-9-31)22-5-3-2-4-19(22)25/h2-7,12-13H,8-11,14H2,1H3,(H,26,33)(H2,27,28,29,34). The van der Waals surface area contributed by atoms with Crippen molar-refractivity contribution < 1.29 is 14.1 Å². The van der Waals surface area contributed by atoms with Crippen molar-refractivity contribution in [2.45, 2.75) is 13.5 Å². The maximum absolute atomic E-state index is 12.7. The summed E-state index contributed by atoms with van der Waals surface area (Å²) in [7, 11) is 0. The molecule has 2 aromatic carbocycles. The van der Waals surface area contributed by atoms with E-state index in [1.165, 1.54) is 6.92 Å². The molecule has 1 saturated heterocycles. The van der Waals surface area contributed by atoms with Crippen LogP contribution in [0.15, 0.2) is 53.1 Å². The molecule has 0 bridgehead atoms. The number of carbonyl (C=O) groups excluding carboxylic acids is 2. The number of carbonyl (C=O) groups is 2. The Morgan fingerprint density at radius 3 is 2.66 bits per heavy atom. The molecule has 3 N–H and O–H groups in total. The van der Waals surface area contributed by atoms with Gasteiger partial charge in [0.25, 0.3) is 5.91 Å². The first-order chi connectivity index (χ1) is 17.0. The first-order valence-corrected chi connectivity index (χ1v) is 11.6. The SMILES string of the molecule is CC(=O)Nc1ccc2c(NC(=O)c3cc(CN4CCN(c5ccccc5Cl)CC4)on3)n[nH]c2c1. The van der Waals surface area contributed by atoms with E-state index in [1.54, 1.807) is 24.3 Å². The average molecular weight is 494 g/mol. The zero-order valence-corrected chi connectivity index (χ0v) is 19.8. The molecule has 4 aromatic rings. The molecule has 180 valence electrons. The van der Waals surface area contributed by atoms with Crippen LogP contribution < -0.4 is 15.5 Å². The fourth-order valence-electron chi connectivity index (χ4n) is 4.14. The van der Waals surface area contributed by atoms with Gasteiger partial charge in [-0.1, -0.05) is 28.9 Å². The molecular weight excluding hydrogens is 470 g/mol. The molecule has 1 aliphatic rings. The lowest BCUT2D eigenvalue weighted by Crippen LogP contribution is -2.46. The van der Waals surface area contributed by atoms with E-state index in [4.69, 9.17) is 16.1 Å². The van der Waals surface area contributed by atoms with Crippen molar-refractivity contribution in [2.24, 2.45) is 0 Å². The molecule has 10 nitrogen and oxygen atoms in total. The minimum absolute atomic E-state index is 0.165. The van der Waals surface area contributed by atoms with Gasteiger partial charge >= 0.3 is 0 Å². The second kappa shape index (κ2) is 9.77. The number of amides is 2. The molecule has 0 atom stereocenters. The van der Waals surface area contributed by atoms with Gasteiger partial charge in [0.1, 0.15) is 0 Å². The van der Waals surface area contributed by atoms with E-state index in [1.807, 2.05) is 24.3 Å². The van der Waals surface area contributed by atoms with Crippen molar-refractivity contribution in [3.05, 3.63) is 65.0 Å². The number of nitrogens with one attached hydrogen (secondary N) is 3. The summed E-state index contributed by atoms with van der Waals surface area (Å²) in [6, 6.07) is 14.8. The van der Waals surface area contributed by atoms with Crippen molar-refractivity contribution in [3.63, 3.8) is 0 Å². The van der Waals surface area contributed by atoms with Gasteiger partial charge in [-0.15, -0.1) is 0 Å². The molecule has 2 aromatic heterocycles. The lowest BCUT2D eigenvalue weighted by Gasteiger charge is -2.36. The van der Waals surface area contributed by atoms with Gasteiger partial charge in [0, 0.05) is 50.2 Å². The summed E-state index contributed by atoms with van der Waals surface area (Å²) in [6.45, 7) is 5.38. The number of piperazine rings is 1. The van der Waals surface area contributed by atoms with Crippen LogP contribution in [0.1, 0.15) is 23.2 Å². The van der Waals surface area contributed by atoms with E-state index in [2.05, 4.69) is 35.8 Å². The van der Waals surface area contributed by atoms with Gasteiger partial charge in [0.15, 0.2) is 17.3 Å². The Labute approximate surface area is 206 Å². The smallest absolute Gasteiger partial charge is 0.279 e. The number of hydrogen-bond acceptors (Lipinski definition) is 7. The molecule has 1 aliphatic heterocycles. The highest BCUT2D eigenvalue weighted by Crippen LogP contribution is 2.27. The van der Waals surface area contributed by atoms with Crippen LogP contribution in [0, 0.1) is 0 Å². The summed E-state index contributed by atoms with van der Waals surface area (Å²) in [5.41, 5.74) is 2.55. The van der Waals surface area contributed by atoms with E-state index in [0.717, 1.165) is 36.9 Å². The fourth-order valence-corrected chi connectivity index (χ4v) is 4.39. The highest BCUT2D eigenvalue weighted by atomic mass is 35.5. The van der Waals surface area contributed by atoms with Crippen molar-refractivity contribution >= 4 is 51.5 Å². The largest absolute Gasteiger partial charge is 0.368 e. The van der Waals surface area contributed by atoms with Crippen molar-refractivity contribution in [1.82, 2.24) is 20.3 Å². The lowest BCUT2D eigenvalue weighted by atomic mass is 10.2. The molecule has 0 aliphatic carbocycles. The molecule has 5 rings (SSSR count). The molecule has 0 radical (unpaired) electrons. The minimum atomic E-state index is -0.414. The van der Waals surface area contributed by atoms with Crippen LogP contribution in [0.3, 0.4) is 0 Å². The molecule has 3 heterocycles. The van der Waals surface area contributed by atoms with Crippen LogP contribution in [0.4, 0.5) is 17.2 Å². The summed E-state index contributed by atoms with van der Waals surface area (Å²) in [5, 5.41) is 17.9. The van der Waals surface area contributed by atoms with E-state index in [9.17, 15) is 9.59 Å². The molecule has 35 heavy (non-hydrogen) atoms. The maximum atomic E-state index is 12.7. The van der Waals surface area contributed by atoms with Crippen LogP contribution in [0.25, 0.3) is 10.9 Å². The molecule has 0 spiro atoms. The second-order valence-electron chi connectivity index (χ2n) is 8.36. The normalized spacial score (nSPS) is 14.3. The van der Waals surface area contributed by atoms with Crippen LogP contribution in [0.5, 0.6) is 0 Å². The number of rotatable bonds is 6. The topological polar surface area (TPSA) is 119 Å². The zero-order chi connectivity index (χ0) is 24.4. The summed E-state index contributed by atoms with van der Waals surface area (Å²) < 4.78 is 5.42. The number of benzene rings is 2. The van der Waals surface area contributed by atoms with Gasteiger partial charge in [0.2, 0.25) is 5.91 Å². The minimum Gasteiger partial charge on any atom is -0.368 e. The number of H-pyrrole nitrogens is 1. The highest BCUT2D eigenvalue weighted by molar-refractivity contribution is 6.33. The van der Waals surface area contributed by atoms with E-state index < -0.39 is 5.91 Å². The summed E-state index contributed by atoms with van der Waals surface area (Å²) in [6.07, 6.45) is 0. The second-order valence-corrected chi connectivity index (χ2v) is 8.77. The van der Waals surface area contributed by atoms with Crippen LogP contribution in [-0.2, 0) is 11.3 Å². The fraction of sp³-hybridized carbons (Fsp3) is 0.250. The Balaban J connectivity index is 1.18. The summed E-state index contributed by atoms with van der Waals surface area (Å²) in [4.78, 5) is 28.5. The third-order valence-corrected chi connectivity index (χ3v) is 6.17. The first kappa shape index (κ1) is 22.9. The van der Waals surface area contributed by atoms with Crippen LogP contribution >= 0.6 is 11.6 Å². The van der Waals surface area contributed by atoms with Crippen molar-refractivity contribution in [2.75, 3.05) is 41.7 Å². The quantitative estimate of drug-likeness (QED) is 0.374. The zero-order valence-electron chi connectivity index (χ0n) is 19.0. The third kappa shape index (κ3) is 5.13. The highest BCUT2D eigenvalue weighted by Gasteiger charge is 2.21. The van der Waals surface area contributed by atoms with Gasteiger partial charge in [-0.05, 0) is 30.3 Å². The molecule has 0 unspecified atom stereocenters. The summed E-state index contributed by atoms with van der Waals surface area (Å²) in [5.74, 6) is 0.414. The number of halogens is 1. The van der Waals surface area contributed by atoms with Gasteiger partial charge in [0.05, 0.1) is 22.8 Å². The van der Waals surface area contributed by atoms with Crippen molar-refractivity contribution in [3.8, 4) is 0 Å². The maximum Gasteiger partial charge on any atom is 0.279 e. The molecule has 1 fully saturated rings. The van der Waals surface area contributed by atoms with E-state index in [0.29, 0.717) is 34.7 Å². The van der Waals surface area contributed by atoms with E-state index >= 15 is 0 Å². The summed E-state index contributed by atoms with van der Waals surface area (Å²) >= 11 is 6.33. The number of fused-ring (bicyclic) bond motifs is 1. The molecular formula is C24H24ClN7O3. The lowest BCUT2D eigenvalue weighted by molar-refractivity contribution is -0.114. The number of anilines is 3. The Hall–Kier alpha value is -3.89. The van der Waals surface area contributed by atoms with E-state index in [-0.39, 0.29) is 11.6 Å². The van der Waals surface area contributed by atoms with Gasteiger partial charge < -0.3 is 20.1 Å². The predicted octanol–water partition coefficient (Wildman–Crippen LogP) is 3.74. The first-order valence-electron chi connectivity index (χ1n) is 11.2. The monoisotopic (exact) mass is 493 g/mol. The molecule has 0 saturated carbocycles. The Morgan fingerprint density at radius 1 is 1.09 bits per heavy atom. The predicted molar refractivity (Wildman–Crippen MR) is 134 cm³/mol. The number of nitrogens with zero attached hydrogens (tertiary/aromatic N) is 4. The average Bonchev–Trinajstić information content (AvgIpc) is 3.47. The Kier molecular flexibility index (Phi) is 6.39. The van der Waals surface area contributed by atoms with Crippen LogP contribution in [0.2, 0.25) is 5.02 Å². The third-order valence-electron chi connectivity index (χ3n) is 5.85. The Morgan fingerprint density at radius 2 is 1.89 bits per heavy atom. The number of para-hydroxylation sites is 1. The molecule has 2 amide bonds. The van der Waals surface area contributed by atoms with Gasteiger partial charge in [-0.25, -0.2) is 0 Å². The van der Waals surface area contributed by atoms with Gasteiger partial charge in [-0.2, -0.15) is 5.10 Å². The number of hydrogen-bond donors (Lipinski definition) is 3. The Bertz CT molecular complexity index is 1370. The molecule has 11 heteroatoms. The van der Waals surface area contributed by atoms with Gasteiger partial charge in [-0.3, -0.25) is 19.6 Å². The number of aromatic amines is 1. The van der Waals surface area contributed by atoms with Crippen molar-refractivity contribution in [1.29, 1.82) is 0 Å².